The maximum atomic E-state index is 13.0. The van der Waals surface area contributed by atoms with E-state index < -0.39 is 90.0 Å². The summed E-state index contributed by atoms with van der Waals surface area (Å²) >= 11 is 18.5. The van der Waals surface area contributed by atoms with Crippen molar-refractivity contribution in [2.75, 3.05) is 38.0 Å². The molecule has 8 rings (SSSR count). The number of nitrogen functional groups attached to an aromatic ring is 2. The fraction of sp³-hybridized carbons (Fsp3) is 0.721. The number of H-pyrrole nitrogens is 2. The molecular weight excluding hydrogens is 1080 g/mol. The van der Waals surface area contributed by atoms with E-state index in [0.717, 1.165) is 57.8 Å². The van der Waals surface area contributed by atoms with Gasteiger partial charge in [0.15, 0.2) is 34.8 Å². The molecule has 0 radical (unpaired) electrons. The number of aliphatic hydroxyl groups excluding tert-OH is 3. The van der Waals surface area contributed by atoms with Gasteiger partial charge in [0.2, 0.25) is 18.5 Å². The van der Waals surface area contributed by atoms with Crippen LogP contribution in [0.5, 0.6) is 0 Å². The zero-order chi connectivity index (χ0) is 53.8. The van der Waals surface area contributed by atoms with Crippen molar-refractivity contribution in [3.05, 3.63) is 33.4 Å². The third kappa shape index (κ3) is 14.8. The molecule has 6 heterocycles. The molecule has 0 spiro atoms. The van der Waals surface area contributed by atoms with Crippen molar-refractivity contribution >= 4 is 94.8 Å². The Kier molecular flexibility index (Phi) is 20.8. The maximum Gasteiger partial charge on any atom is 0.323 e. The van der Waals surface area contributed by atoms with Gasteiger partial charge in [-0.05, 0) is 90.3 Å². The number of rotatable bonds is 14. The lowest BCUT2D eigenvalue weighted by Gasteiger charge is -2.26. The lowest BCUT2D eigenvalue weighted by atomic mass is 9.98. The first-order valence-corrected chi connectivity index (χ1v) is 29.6. The van der Waals surface area contributed by atoms with Crippen molar-refractivity contribution < 1.29 is 57.5 Å². The van der Waals surface area contributed by atoms with E-state index in [1.165, 1.54) is 41.5 Å². The highest BCUT2D eigenvalue weighted by Gasteiger charge is 2.55. The molecule has 26 nitrogen and oxygen atoms in total. The van der Waals surface area contributed by atoms with E-state index in [0.29, 0.717) is 0 Å². The average molecular weight is 1150 g/mol. The largest absolute Gasteiger partial charge is 0.461 e. The second-order valence-electron chi connectivity index (χ2n) is 19.0. The highest BCUT2D eigenvalue weighted by Crippen LogP contribution is 2.47. The number of ether oxygens (including phenoxy) is 4. The number of carbonyl (C=O) groups excluding carboxylic acids is 2. The molecular formula is C43H69Cl3N12O14P2. The van der Waals surface area contributed by atoms with Crippen LogP contribution in [0.25, 0.3) is 22.3 Å². The van der Waals surface area contributed by atoms with Gasteiger partial charge in [-0.3, -0.25) is 47.4 Å². The second-order valence-corrected chi connectivity index (χ2v) is 26.7. The first-order chi connectivity index (χ1) is 34.1. The third-order valence-electron chi connectivity index (χ3n) is 12.7. The Morgan fingerprint density at radius 2 is 1.18 bits per heavy atom. The highest BCUT2D eigenvalue weighted by atomic mass is 35.7. The number of nitrogens with zero attached hydrogens (tertiary/aromatic N) is 6. The average Bonchev–Trinajstić information content (AvgIpc) is 4.04. The maximum absolute atomic E-state index is 13.0. The fourth-order valence-electron chi connectivity index (χ4n) is 8.90. The van der Waals surface area contributed by atoms with Crippen LogP contribution < -0.4 is 32.8 Å². The van der Waals surface area contributed by atoms with E-state index >= 15 is 0 Å². The van der Waals surface area contributed by atoms with Gasteiger partial charge in [-0.2, -0.15) is 9.97 Å². The van der Waals surface area contributed by atoms with Gasteiger partial charge in [-0.15, -0.1) is 23.2 Å². The Bertz CT molecular complexity index is 2780. The van der Waals surface area contributed by atoms with E-state index in [4.69, 9.17) is 69.4 Å². The standard InChI is InChI=1S/C21H32ClN6O7P.C11H14ClN5O4.C10H19ClNO3P.CH4/c1-11(18(31)34-12-7-5-4-6-8-12)27-36(3,32)33-9-13-15(29)21(2,22)19(35-13)28-10-24-14-16(28)25-20(23)26-17(14)30;1-11(12)6(19)4(2-18)21-9(11)17-3-14-5-7(17)15-10(13)16-8(5)20;1-8(12-16(2,11)14)10(13)15-9-6-4-3-5-7-9;/h10-13,15,19,29H,4-9H2,1-3H3,(H,27,32)(H3,23,25,26,30);3-4,6,9,18-19H,2H2,1H3,(H3,13,15,16,20);8-9H,3-7H2,1-2H3,(H,12,14);1H4/t11-,13+,15+,19+,21+,36?;4-,6-,9-,11-;8-,16?;/m010./s1. The van der Waals surface area contributed by atoms with E-state index in [1.54, 1.807) is 27.7 Å². The summed E-state index contributed by atoms with van der Waals surface area (Å²) in [5.74, 6) is -1.04. The Hall–Kier alpha value is -3.75. The Morgan fingerprint density at radius 3 is 1.57 bits per heavy atom. The van der Waals surface area contributed by atoms with Crippen LogP contribution in [0.1, 0.15) is 112 Å². The van der Waals surface area contributed by atoms with Crippen LogP contribution in [0.4, 0.5) is 11.9 Å². The summed E-state index contributed by atoms with van der Waals surface area (Å²) < 4.78 is 55.0. The number of alkyl halides is 2. The number of anilines is 2. The molecule has 4 aliphatic rings. The topological polar surface area (TPSA) is 378 Å². The van der Waals surface area contributed by atoms with Crippen LogP contribution in [0.3, 0.4) is 0 Å². The van der Waals surface area contributed by atoms with E-state index in [1.807, 2.05) is 0 Å². The first kappa shape index (κ1) is 61.1. The normalized spacial score (nSPS) is 28.9. The lowest BCUT2D eigenvalue weighted by molar-refractivity contribution is -0.153. The van der Waals surface area contributed by atoms with Crippen molar-refractivity contribution in [2.24, 2.45) is 0 Å². The van der Waals surface area contributed by atoms with Gasteiger partial charge in [0.1, 0.15) is 58.5 Å². The van der Waals surface area contributed by atoms with Crippen molar-refractivity contribution in [1.29, 1.82) is 0 Å². The number of nitrogens with one attached hydrogen (secondary N) is 4. The minimum Gasteiger partial charge on any atom is -0.461 e. The number of imidazole rings is 2. The molecule has 2 saturated carbocycles. The SMILES string of the molecule is C.C[C@@]1(Cl)[C@H](O)[C@@H](CO)O[C@H]1n1cnc2c(=O)[nH]c(N)nc21.C[C@H](NP(C)(=O)Cl)C(=O)OC1CCCCC1.C[C@H](NP(C)(=O)OC[C@H]1O[C@@H](n2cnc3c(=O)[nH]c(N)nc32)[C@](C)(Cl)[C@@H]1O)C(=O)OC1CCCCC1. The summed E-state index contributed by atoms with van der Waals surface area (Å²) in [6.07, 6.45) is 6.72. The molecule has 11 N–H and O–H groups in total. The van der Waals surface area contributed by atoms with Gasteiger partial charge in [0.05, 0.1) is 25.9 Å². The van der Waals surface area contributed by atoms with Crippen LogP contribution in [-0.2, 0) is 42.2 Å². The summed E-state index contributed by atoms with van der Waals surface area (Å²) in [4.78, 5) is 66.2. The van der Waals surface area contributed by atoms with Crippen molar-refractivity contribution in [2.45, 2.75) is 170 Å². The summed E-state index contributed by atoms with van der Waals surface area (Å²) in [5.41, 5.74) is 10.6. The Morgan fingerprint density at radius 1 is 0.784 bits per heavy atom. The van der Waals surface area contributed by atoms with Crippen LogP contribution in [-0.4, -0.2) is 151 Å². The molecule has 416 valence electrons. The van der Waals surface area contributed by atoms with Gasteiger partial charge < -0.3 is 50.3 Å². The Labute approximate surface area is 441 Å². The molecule has 0 aromatic carbocycles. The van der Waals surface area contributed by atoms with Crippen molar-refractivity contribution in [3.63, 3.8) is 0 Å². The minimum absolute atomic E-state index is 0. The number of hydrogen-bond acceptors (Lipinski definition) is 20. The van der Waals surface area contributed by atoms with Gasteiger partial charge in [0.25, 0.3) is 18.6 Å². The number of hydrogen-bond donors (Lipinski definition) is 9. The van der Waals surface area contributed by atoms with Crippen LogP contribution >= 0.6 is 48.6 Å². The molecule has 31 heteroatoms. The fourth-order valence-corrected chi connectivity index (χ4v) is 12.0. The van der Waals surface area contributed by atoms with Gasteiger partial charge in [-0.25, -0.2) is 20.1 Å². The summed E-state index contributed by atoms with van der Waals surface area (Å²) in [7, 11) is -3.49. The number of aromatic amines is 2. The van der Waals surface area contributed by atoms with E-state index in [2.05, 4.69) is 40.1 Å². The zero-order valence-electron chi connectivity index (χ0n) is 41.1. The first-order valence-electron chi connectivity index (χ1n) is 23.7. The molecule has 0 bridgehead atoms. The monoisotopic (exact) mass is 1140 g/mol. The van der Waals surface area contributed by atoms with E-state index in [9.17, 15) is 43.6 Å². The van der Waals surface area contributed by atoms with Gasteiger partial charge >= 0.3 is 11.9 Å². The second kappa shape index (κ2) is 25.2. The molecule has 4 aromatic heterocycles. The van der Waals surface area contributed by atoms with Crippen molar-refractivity contribution in [1.82, 2.24) is 49.2 Å². The zero-order valence-corrected chi connectivity index (χ0v) is 45.2. The van der Waals surface area contributed by atoms with Crippen LogP contribution in [0.2, 0.25) is 0 Å². The van der Waals surface area contributed by atoms with Gasteiger partial charge in [0, 0.05) is 13.3 Å². The molecule has 4 fully saturated rings. The van der Waals surface area contributed by atoms with Crippen LogP contribution in [0.15, 0.2) is 22.2 Å². The summed E-state index contributed by atoms with van der Waals surface area (Å²) in [6, 6.07) is -1.47. The van der Waals surface area contributed by atoms with E-state index in [-0.39, 0.29) is 73.0 Å². The number of esters is 2. The third-order valence-corrected chi connectivity index (χ3v) is 16.2. The van der Waals surface area contributed by atoms with Crippen LogP contribution in [0, 0.1) is 0 Å². The molecule has 0 amide bonds. The molecule has 74 heavy (non-hydrogen) atoms. The summed E-state index contributed by atoms with van der Waals surface area (Å²) in [6.45, 7) is 5.43. The number of aromatic nitrogens is 8. The van der Waals surface area contributed by atoms with Crippen molar-refractivity contribution in [3.8, 4) is 0 Å². The Balaban J connectivity index is 0.000000226. The molecule has 4 aromatic rings. The van der Waals surface area contributed by atoms with Gasteiger partial charge in [-0.1, -0.05) is 20.3 Å². The number of halogens is 3. The highest BCUT2D eigenvalue weighted by molar-refractivity contribution is 7.87. The summed E-state index contributed by atoms with van der Waals surface area (Å²) in [5, 5.41) is 35.4. The number of carbonyl (C=O) groups is 2. The minimum atomic E-state index is -3.49. The molecule has 2 unspecified atom stereocenters. The predicted molar refractivity (Wildman–Crippen MR) is 277 cm³/mol. The molecule has 2 aliphatic heterocycles. The molecule has 2 aliphatic carbocycles. The number of nitrogens with two attached hydrogens (primary N) is 2. The number of aliphatic hydroxyl groups is 3. The quantitative estimate of drug-likeness (QED) is 0.0486. The number of fused-ring (bicyclic) bond motifs is 2. The lowest BCUT2D eigenvalue weighted by Crippen LogP contribution is -2.40. The predicted octanol–water partition coefficient (Wildman–Crippen LogP) is 4.14. The molecule has 12 atom stereocenters. The molecule has 2 saturated heterocycles. The smallest absolute Gasteiger partial charge is 0.323 e.